The van der Waals surface area contributed by atoms with Crippen molar-refractivity contribution in [2.24, 2.45) is 0 Å². The average Bonchev–Trinajstić information content (AvgIpc) is 2.66. The van der Waals surface area contributed by atoms with E-state index in [0.717, 1.165) is 11.2 Å². The Balaban J connectivity index is 2.17. The zero-order chi connectivity index (χ0) is 11.8. The second kappa shape index (κ2) is 3.84. The van der Waals surface area contributed by atoms with Crippen LogP contribution in [0.3, 0.4) is 0 Å². The summed E-state index contributed by atoms with van der Waals surface area (Å²) in [4.78, 5) is 3.86. The summed E-state index contributed by atoms with van der Waals surface area (Å²) in [5.74, 6) is 0.201. The van der Waals surface area contributed by atoms with Gasteiger partial charge in [-0.3, -0.25) is 0 Å². The predicted octanol–water partition coefficient (Wildman–Crippen LogP) is 2.27. The van der Waals surface area contributed by atoms with Crippen molar-refractivity contribution in [1.29, 1.82) is 0 Å². The third kappa shape index (κ3) is 2.05. The summed E-state index contributed by atoms with van der Waals surface area (Å²) in [5, 5.41) is 1.33. The highest BCUT2D eigenvalue weighted by Crippen LogP contribution is 2.27. The highest BCUT2D eigenvalue weighted by molar-refractivity contribution is 6.32. The van der Waals surface area contributed by atoms with E-state index in [1.165, 1.54) is 18.5 Å². The molecule has 1 aliphatic rings. The summed E-state index contributed by atoms with van der Waals surface area (Å²) in [5.41, 5.74) is 2.07. The van der Waals surface area contributed by atoms with Gasteiger partial charge in [-0.1, -0.05) is 11.6 Å². The van der Waals surface area contributed by atoms with E-state index in [2.05, 4.69) is 10.5 Å². The lowest BCUT2D eigenvalue weighted by atomic mass is 10.4. The molecule has 1 aromatic rings. The van der Waals surface area contributed by atoms with Gasteiger partial charge >= 0.3 is 6.30 Å². The standard InChI is InChI=1S/C8H6ClF3N4/c9-6-2-1-3-13-7(6)15-4-5-16(14-15)8(10,11)12/h1-5,14H. The maximum Gasteiger partial charge on any atom is 0.500 e. The van der Waals surface area contributed by atoms with Crippen LogP contribution < -0.4 is 10.5 Å². The van der Waals surface area contributed by atoms with Crippen molar-refractivity contribution in [3.63, 3.8) is 0 Å². The average molecular weight is 251 g/mol. The fraction of sp³-hybridized carbons (Fsp3) is 0.125. The highest BCUT2D eigenvalue weighted by atomic mass is 35.5. The lowest BCUT2D eigenvalue weighted by Gasteiger charge is -2.23. The van der Waals surface area contributed by atoms with Crippen molar-refractivity contribution in [2.45, 2.75) is 6.30 Å². The Labute approximate surface area is 93.9 Å². The summed E-state index contributed by atoms with van der Waals surface area (Å²) in [7, 11) is 0. The Hall–Kier alpha value is -1.47. The number of hydrazine groups is 2. The molecular weight excluding hydrogens is 245 g/mol. The number of alkyl halides is 3. The Bertz CT molecular complexity index is 420. The molecule has 0 spiro atoms. The number of anilines is 1. The van der Waals surface area contributed by atoms with Crippen LogP contribution in [0.2, 0.25) is 5.02 Å². The van der Waals surface area contributed by atoms with Crippen LogP contribution in [0, 0.1) is 0 Å². The molecule has 4 nitrogen and oxygen atoms in total. The number of rotatable bonds is 1. The minimum absolute atomic E-state index is 0.00198. The van der Waals surface area contributed by atoms with Crippen LogP contribution in [0.25, 0.3) is 0 Å². The molecule has 0 saturated heterocycles. The topological polar surface area (TPSA) is 31.4 Å². The van der Waals surface area contributed by atoms with Crippen LogP contribution in [-0.4, -0.2) is 16.3 Å². The second-order valence-electron chi connectivity index (χ2n) is 2.91. The number of nitrogens with zero attached hydrogens (tertiary/aromatic N) is 3. The molecule has 2 heterocycles. The van der Waals surface area contributed by atoms with Crippen LogP contribution in [0.5, 0.6) is 0 Å². The minimum atomic E-state index is -4.49. The van der Waals surface area contributed by atoms with E-state index in [1.807, 2.05) is 0 Å². The molecule has 1 aromatic heterocycles. The molecule has 8 heteroatoms. The van der Waals surface area contributed by atoms with E-state index in [-0.39, 0.29) is 15.8 Å². The van der Waals surface area contributed by atoms with Gasteiger partial charge in [0.1, 0.15) is 0 Å². The Morgan fingerprint density at radius 1 is 1.31 bits per heavy atom. The molecule has 86 valence electrons. The molecule has 0 aromatic carbocycles. The first kappa shape index (κ1) is 11.0. The third-order valence-electron chi connectivity index (χ3n) is 1.82. The lowest BCUT2D eigenvalue weighted by molar-refractivity contribution is -0.241. The summed E-state index contributed by atoms with van der Waals surface area (Å²) in [6, 6.07) is 3.13. The maximum absolute atomic E-state index is 12.3. The van der Waals surface area contributed by atoms with Gasteiger partial charge in [0.05, 0.1) is 5.02 Å². The first-order valence-corrected chi connectivity index (χ1v) is 4.57. The second-order valence-corrected chi connectivity index (χ2v) is 3.32. The van der Waals surface area contributed by atoms with Crippen molar-refractivity contribution in [3.05, 3.63) is 35.8 Å². The highest BCUT2D eigenvalue weighted by Gasteiger charge is 2.39. The van der Waals surface area contributed by atoms with Crippen LogP contribution in [0.4, 0.5) is 19.0 Å². The van der Waals surface area contributed by atoms with E-state index in [4.69, 9.17) is 11.6 Å². The third-order valence-corrected chi connectivity index (χ3v) is 2.12. The molecule has 1 N–H and O–H groups in total. The van der Waals surface area contributed by atoms with Gasteiger partial charge in [-0.25, -0.2) is 15.0 Å². The van der Waals surface area contributed by atoms with Gasteiger partial charge in [0.2, 0.25) is 0 Å². The van der Waals surface area contributed by atoms with Crippen molar-refractivity contribution in [1.82, 2.24) is 15.5 Å². The minimum Gasteiger partial charge on any atom is -0.246 e. The summed E-state index contributed by atoms with van der Waals surface area (Å²) >= 11 is 5.79. The predicted molar refractivity (Wildman–Crippen MR) is 51.9 cm³/mol. The smallest absolute Gasteiger partial charge is 0.246 e. The quantitative estimate of drug-likeness (QED) is 0.775. The van der Waals surface area contributed by atoms with Gasteiger partial charge in [-0.2, -0.15) is 0 Å². The molecule has 0 aliphatic carbocycles. The van der Waals surface area contributed by atoms with Crippen molar-refractivity contribution >= 4 is 17.4 Å². The first-order valence-electron chi connectivity index (χ1n) is 4.19. The van der Waals surface area contributed by atoms with Gasteiger partial charge in [0.25, 0.3) is 0 Å². The Morgan fingerprint density at radius 2 is 2.06 bits per heavy atom. The van der Waals surface area contributed by atoms with Gasteiger partial charge < -0.3 is 0 Å². The van der Waals surface area contributed by atoms with Crippen LogP contribution >= 0.6 is 11.6 Å². The zero-order valence-corrected chi connectivity index (χ0v) is 8.50. The lowest BCUT2D eigenvalue weighted by Crippen LogP contribution is -2.47. The number of aromatic nitrogens is 1. The Morgan fingerprint density at radius 3 is 2.62 bits per heavy atom. The molecule has 1 aliphatic heterocycles. The van der Waals surface area contributed by atoms with Crippen LogP contribution in [0.1, 0.15) is 0 Å². The van der Waals surface area contributed by atoms with E-state index >= 15 is 0 Å². The van der Waals surface area contributed by atoms with Crippen LogP contribution in [0.15, 0.2) is 30.7 Å². The van der Waals surface area contributed by atoms with Crippen molar-refractivity contribution < 1.29 is 13.2 Å². The summed E-state index contributed by atoms with van der Waals surface area (Å²) in [6.07, 6.45) is -1.04. The summed E-state index contributed by atoms with van der Waals surface area (Å²) < 4.78 is 36.8. The van der Waals surface area contributed by atoms with Gasteiger partial charge in [-0.05, 0) is 12.1 Å². The first-order chi connectivity index (χ1) is 7.48. The monoisotopic (exact) mass is 250 g/mol. The summed E-state index contributed by atoms with van der Waals surface area (Å²) in [6.45, 7) is 0. The molecule has 0 fully saturated rings. The number of halogens is 4. The van der Waals surface area contributed by atoms with E-state index < -0.39 is 6.30 Å². The molecule has 0 atom stereocenters. The molecule has 2 rings (SSSR count). The van der Waals surface area contributed by atoms with E-state index in [9.17, 15) is 13.2 Å². The molecule has 0 amide bonds. The van der Waals surface area contributed by atoms with E-state index in [0.29, 0.717) is 0 Å². The fourth-order valence-electron chi connectivity index (χ4n) is 1.13. The number of nitrogens with one attached hydrogen (secondary N) is 1. The number of hydrogen-bond donors (Lipinski definition) is 1. The number of hydrogen-bond acceptors (Lipinski definition) is 4. The van der Waals surface area contributed by atoms with Crippen molar-refractivity contribution in [2.75, 3.05) is 5.01 Å². The number of pyridine rings is 1. The molecule has 0 unspecified atom stereocenters. The molecule has 16 heavy (non-hydrogen) atoms. The molecule has 0 saturated carbocycles. The fourth-order valence-corrected chi connectivity index (χ4v) is 1.34. The van der Waals surface area contributed by atoms with Gasteiger partial charge in [0, 0.05) is 18.6 Å². The molecule has 0 bridgehead atoms. The van der Waals surface area contributed by atoms with Crippen LogP contribution in [-0.2, 0) is 0 Å². The SMILES string of the molecule is FC(F)(F)N1C=CN(c2ncccc2Cl)N1. The van der Waals surface area contributed by atoms with Gasteiger partial charge in [0.15, 0.2) is 5.82 Å². The maximum atomic E-state index is 12.3. The normalized spacial score (nSPS) is 16.0. The van der Waals surface area contributed by atoms with Crippen molar-refractivity contribution in [3.8, 4) is 0 Å². The van der Waals surface area contributed by atoms with Gasteiger partial charge in [-0.15, -0.1) is 18.7 Å². The molecular formula is C8H6ClF3N4. The largest absolute Gasteiger partial charge is 0.500 e. The zero-order valence-electron chi connectivity index (χ0n) is 7.74. The Kier molecular flexibility index (Phi) is 2.64. The molecule has 0 radical (unpaired) electrons. The van der Waals surface area contributed by atoms with E-state index in [1.54, 1.807) is 6.07 Å².